The van der Waals surface area contributed by atoms with Gasteiger partial charge >= 0.3 is 0 Å². The van der Waals surface area contributed by atoms with Crippen molar-refractivity contribution >= 4 is 23.2 Å². The Morgan fingerprint density at radius 1 is 1.18 bits per heavy atom. The normalized spacial score (nSPS) is 10.5. The molecule has 7 heteroatoms. The van der Waals surface area contributed by atoms with Crippen LogP contribution in [0, 0.1) is 5.82 Å². The van der Waals surface area contributed by atoms with Crippen LogP contribution in [0.1, 0.15) is 10.5 Å². The summed E-state index contributed by atoms with van der Waals surface area (Å²) in [5.41, 5.74) is 1.70. The molecule has 2 heterocycles. The number of carbonyl (C=O) groups excluding carboxylic acids is 1. The highest BCUT2D eigenvalue weighted by Crippen LogP contribution is 2.20. The van der Waals surface area contributed by atoms with Crippen molar-refractivity contribution in [1.82, 2.24) is 15.2 Å². The fourth-order valence-electron chi connectivity index (χ4n) is 1.89. The number of amides is 1. The highest BCUT2D eigenvalue weighted by molar-refractivity contribution is 6.30. The number of anilines is 1. The molecule has 3 aromatic rings. The maximum absolute atomic E-state index is 13.7. The first kappa shape index (κ1) is 14.2. The van der Waals surface area contributed by atoms with Crippen molar-refractivity contribution in [3.05, 3.63) is 65.3 Å². The SMILES string of the molecule is O=C(Nc1ccc(Cl)cc1F)c1cc(-c2ccncc2)n[nH]1. The predicted molar refractivity (Wildman–Crippen MR) is 81.2 cm³/mol. The van der Waals surface area contributed by atoms with Gasteiger partial charge in [0.25, 0.3) is 5.91 Å². The molecule has 5 nitrogen and oxygen atoms in total. The Labute approximate surface area is 130 Å². The third-order valence-corrected chi connectivity index (χ3v) is 3.21. The summed E-state index contributed by atoms with van der Waals surface area (Å²) >= 11 is 5.67. The van der Waals surface area contributed by atoms with E-state index in [4.69, 9.17) is 11.6 Å². The maximum atomic E-state index is 13.7. The van der Waals surface area contributed by atoms with Crippen molar-refractivity contribution in [3.63, 3.8) is 0 Å². The summed E-state index contributed by atoms with van der Waals surface area (Å²) < 4.78 is 13.7. The van der Waals surface area contributed by atoms with Crippen LogP contribution >= 0.6 is 11.6 Å². The maximum Gasteiger partial charge on any atom is 0.273 e. The van der Waals surface area contributed by atoms with Crippen LogP contribution in [0.2, 0.25) is 5.02 Å². The molecule has 0 fully saturated rings. The molecule has 0 atom stereocenters. The second-order valence-electron chi connectivity index (χ2n) is 4.48. The van der Waals surface area contributed by atoms with Gasteiger partial charge in [0, 0.05) is 23.0 Å². The minimum Gasteiger partial charge on any atom is -0.318 e. The van der Waals surface area contributed by atoms with E-state index in [9.17, 15) is 9.18 Å². The number of nitrogens with one attached hydrogen (secondary N) is 2. The Kier molecular flexibility index (Phi) is 3.84. The number of aromatic nitrogens is 3. The standard InChI is InChI=1S/C15H10ClFN4O/c16-10-1-2-12(11(17)7-10)19-15(22)14-8-13(20-21-14)9-3-5-18-6-4-9/h1-8H,(H,19,22)(H,20,21). The first-order valence-electron chi connectivity index (χ1n) is 6.36. The average molecular weight is 317 g/mol. The lowest BCUT2D eigenvalue weighted by atomic mass is 10.2. The molecule has 0 saturated carbocycles. The van der Waals surface area contributed by atoms with Crippen LogP contribution in [0.15, 0.2) is 48.8 Å². The van der Waals surface area contributed by atoms with Gasteiger partial charge in [-0.1, -0.05) is 11.6 Å². The molecule has 3 rings (SSSR count). The largest absolute Gasteiger partial charge is 0.318 e. The fraction of sp³-hybridized carbons (Fsp3) is 0. The van der Waals surface area contributed by atoms with Crippen molar-refractivity contribution in [2.45, 2.75) is 0 Å². The Morgan fingerprint density at radius 3 is 2.68 bits per heavy atom. The van der Waals surface area contributed by atoms with Gasteiger partial charge in [0.05, 0.1) is 11.4 Å². The van der Waals surface area contributed by atoms with Crippen LogP contribution in [0.25, 0.3) is 11.3 Å². The molecule has 0 radical (unpaired) electrons. The molecular formula is C15H10ClFN4O. The van der Waals surface area contributed by atoms with Crippen molar-refractivity contribution < 1.29 is 9.18 Å². The third-order valence-electron chi connectivity index (χ3n) is 2.98. The van der Waals surface area contributed by atoms with Gasteiger partial charge in [0.1, 0.15) is 11.5 Å². The number of benzene rings is 1. The lowest BCUT2D eigenvalue weighted by Crippen LogP contribution is -2.13. The molecule has 2 aromatic heterocycles. The summed E-state index contributed by atoms with van der Waals surface area (Å²) in [7, 11) is 0. The van der Waals surface area contributed by atoms with Gasteiger partial charge in [-0.3, -0.25) is 14.9 Å². The predicted octanol–water partition coefficient (Wildman–Crippen LogP) is 3.52. The van der Waals surface area contributed by atoms with E-state index in [0.717, 1.165) is 11.6 Å². The highest BCUT2D eigenvalue weighted by Gasteiger charge is 2.13. The highest BCUT2D eigenvalue weighted by atomic mass is 35.5. The number of pyridine rings is 1. The smallest absolute Gasteiger partial charge is 0.273 e. The molecule has 22 heavy (non-hydrogen) atoms. The average Bonchev–Trinajstić information content (AvgIpc) is 3.01. The van der Waals surface area contributed by atoms with Crippen molar-refractivity contribution in [2.24, 2.45) is 0 Å². The van der Waals surface area contributed by atoms with E-state index in [-0.39, 0.29) is 16.4 Å². The molecule has 0 aliphatic carbocycles. The molecule has 0 unspecified atom stereocenters. The van der Waals surface area contributed by atoms with Crippen LogP contribution in [-0.2, 0) is 0 Å². The van der Waals surface area contributed by atoms with E-state index in [0.29, 0.717) is 5.69 Å². The summed E-state index contributed by atoms with van der Waals surface area (Å²) in [5.74, 6) is -1.09. The van der Waals surface area contributed by atoms with Gasteiger partial charge in [-0.2, -0.15) is 5.10 Å². The minimum absolute atomic E-state index is 0.0504. The quantitative estimate of drug-likeness (QED) is 0.776. The first-order chi connectivity index (χ1) is 10.6. The molecule has 0 bridgehead atoms. The fourth-order valence-corrected chi connectivity index (χ4v) is 2.05. The van der Waals surface area contributed by atoms with Crippen LogP contribution in [-0.4, -0.2) is 21.1 Å². The summed E-state index contributed by atoms with van der Waals surface area (Å²) in [6.45, 7) is 0. The van der Waals surface area contributed by atoms with Gasteiger partial charge in [0.15, 0.2) is 0 Å². The molecule has 2 N–H and O–H groups in total. The second-order valence-corrected chi connectivity index (χ2v) is 4.92. The zero-order chi connectivity index (χ0) is 15.5. The van der Waals surface area contributed by atoms with Gasteiger partial charge in [-0.05, 0) is 36.4 Å². The Morgan fingerprint density at radius 2 is 1.95 bits per heavy atom. The third kappa shape index (κ3) is 2.96. The number of halogens is 2. The van der Waals surface area contributed by atoms with E-state index in [1.54, 1.807) is 30.6 Å². The summed E-state index contributed by atoms with van der Waals surface area (Å²) in [5, 5.41) is 9.40. The van der Waals surface area contributed by atoms with Crippen LogP contribution in [0.5, 0.6) is 0 Å². The number of carbonyl (C=O) groups is 1. The molecule has 0 aliphatic rings. The zero-order valence-corrected chi connectivity index (χ0v) is 11.9. The van der Waals surface area contributed by atoms with E-state index in [1.165, 1.54) is 12.1 Å². The molecule has 110 valence electrons. The number of rotatable bonds is 3. The minimum atomic E-state index is -0.602. The van der Waals surface area contributed by atoms with Gasteiger partial charge < -0.3 is 5.32 Å². The summed E-state index contributed by atoms with van der Waals surface area (Å²) in [6, 6.07) is 9.16. The number of aromatic amines is 1. The Hall–Kier alpha value is -2.73. The van der Waals surface area contributed by atoms with Crippen LogP contribution in [0.4, 0.5) is 10.1 Å². The van der Waals surface area contributed by atoms with Gasteiger partial charge in [-0.15, -0.1) is 0 Å². The molecule has 0 saturated heterocycles. The molecule has 0 spiro atoms. The molecular weight excluding hydrogens is 307 g/mol. The van der Waals surface area contributed by atoms with Gasteiger partial charge in [0.2, 0.25) is 0 Å². The summed E-state index contributed by atoms with van der Waals surface area (Å²) in [6.07, 6.45) is 3.26. The van der Waals surface area contributed by atoms with E-state index in [2.05, 4.69) is 20.5 Å². The van der Waals surface area contributed by atoms with Crippen molar-refractivity contribution in [2.75, 3.05) is 5.32 Å². The first-order valence-corrected chi connectivity index (χ1v) is 6.73. The van der Waals surface area contributed by atoms with Crippen LogP contribution < -0.4 is 5.32 Å². The number of H-pyrrole nitrogens is 1. The zero-order valence-electron chi connectivity index (χ0n) is 11.2. The molecule has 1 aromatic carbocycles. The monoisotopic (exact) mass is 316 g/mol. The summed E-state index contributed by atoms with van der Waals surface area (Å²) in [4.78, 5) is 16.0. The van der Waals surface area contributed by atoms with Crippen LogP contribution in [0.3, 0.4) is 0 Å². The van der Waals surface area contributed by atoms with Crippen molar-refractivity contribution in [3.8, 4) is 11.3 Å². The number of hydrogen-bond donors (Lipinski definition) is 2. The Balaban J connectivity index is 1.80. The second kappa shape index (κ2) is 5.95. The van der Waals surface area contributed by atoms with Crippen molar-refractivity contribution in [1.29, 1.82) is 0 Å². The lowest BCUT2D eigenvalue weighted by molar-refractivity contribution is 0.102. The van der Waals surface area contributed by atoms with E-state index in [1.807, 2.05) is 0 Å². The van der Waals surface area contributed by atoms with E-state index < -0.39 is 11.7 Å². The number of hydrogen-bond acceptors (Lipinski definition) is 3. The lowest BCUT2D eigenvalue weighted by Gasteiger charge is -2.04. The topological polar surface area (TPSA) is 70.7 Å². The van der Waals surface area contributed by atoms with Gasteiger partial charge in [-0.25, -0.2) is 4.39 Å². The molecule has 0 aliphatic heterocycles. The number of nitrogens with zero attached hydrogens (tertiary/aromatic N) is 2. The Bertz CT molecular complexity index is 819. The molecule has 1 amide bonds. The van der Waals surface area contributed by atoms with E-state index >= 15 is 0 Å².